The van der Waals surface area contributed by atoms with Gasteiger partial charge in [-0.05, 0) is 43.9 Å². The van der Waals surface area contributed by atoms with Crippen LogP contribution < -0.4 is 11.1 Å². The summed E-state index contributed by atoms with van der Waals surface area (Å²) in [6.07, 6.45) is 10.9. The van der Waals surface area contributed by atoms with Gasteiger partial charge in [-0.2, -0.15) is 0 Å². The van der Waals surface area contributed by atoms with Crippen LogP contribution in [-0.4, -0.2) is 18.5 Å². The average Bonchev–Trinajstić information content (AvgIpc) is 2.66. The van der Waals surface area contributed by atoms with Crippen molar-refractivity contribution < 1.29 is 4.79 Å². The Balaban J connectivity index is 1.74. The van der Waals surface area contributed by atoms with E-state index in [9.17, 15) is 4.79 Å². The van der Waals surface area contributed by atoms with Crippen molar-refractivity contribution in [3.05, 3.63) is 0 Å². The lowest BCUT2D eigenvalue weighted by atomic mass is 9.71. The van der Waals surface area contributed by atoms with E-state index in [1.54, 1.807) is 0 Å². The molecule has 1 amide bonds. The molecule has 15 heavy (non-hydrogen) atoms. The molecule has 0 bridgehead atoms. The molecule has 0 unspecified atom stereocenters. The van der Waals surface area contributed by atoms with Gasteiger partial charge >= 0.3 is 0 Å². The summed E-state index contributed by atoms with van der Waals surface area (Å²) >= 11 is 0. The smallest absolute Gasteiger partial charge is 0.231 e. The second-order valence-electron chi connectivity index (χ2n) is 5.33. The third-order valence-corrected chi connectivity index (χ3v) is 4.28. The lowest BCUT2D eigenvalue weighted by molar-refractivity contribution is -0.117. The van der Waals surface area contributed by atoms with E-state index in [4.69, 9.17) is 5.73 Å². The standard InChI is InChI=1S/C12H22N2O/c13-11(15)9-14-10-3-7-12(8-4-10)5-1-2-6-12/h10,14H,1-9H2,(H2,13,15). The zero-order valence-corrected chi connectivity index (χ0v) is 9.43. The minimum absolute atomic E-state index is 0.240. The number of nitrogens with two attached hydrogens (primary N) is 1. The van der Waals surface area contributed by atoms with Crippen LogP contribution in [0.2, 0.25) is 0 Å². The Labute approximate surface area is 91.8 Å². The maximum absolute atomic E-state index is 10.7. The lowest BCUT2D eigenvalue weighted by Gasteiger charge is -2.37. The summed E-state index contributed by atoms with van der Waals surface area (Å²) in [5.74, 6) is -0.240. The molecule has 2 fully saturated rings. The normalized spacial score (nSPS) is 25.9. The number of carbonyl (C=O) groups excluding carboxylic acids is 1. The van der Waals surface area contributed by atoms with Crippen molar-refractivity contribution in [1.82, 2.24) is 5.32 Å². The summed E-state index contributed by atoms with van der Waals surface area (Å²) in [6.45, 7) is 0.345. The van der Waals surface area contributed by atoms with Crippen LogP contribution >= 0.6 is 0 Å². The topological polar surface area (TPSA) is 55.1 Å². The molecule has 2 saturated carbocycles. The van der Waals surface area contributed by atoms with Gasteiger partial charge in [0.05, 0.1) is 6.54 Å². The van der Waals surface area contributed by atoms with Crippen LogP contribution in [-0.2, 0) is 4.79 Å². The molecule has 2 rings (SSSR count). The molecular formula is C12H22N2O. The number of hydrogen-bond donors (Lipinski definition) is 2. The van der Waals surface area contributed by atoms with Crippen LogP contribution in [0.15, 0.2) is 0 Å². The van der Waals surface area contributed by atoms with Crippen LogP contribution in [0.1, 0.15) is 51.4 Å². The van der Waals surface area contributed by atoms with Gasteiger partial charge in [0.15, 0.2) is 0 Å². The molecule has 3 N–H and O–H groups in total. The first kappa shape index (κ1) is 10.9. The molecule has 3 heteroatoms. The first-order valence-corrected chi connectivity index (χ1v) is 6.22. The van der Waals surface area contributed by atoms with Crippen molar-refractivity contribution in [3.8, 4) is 0 Å². The Kier molecular flexibility index (Phi) is 3.29. The highest BCUT2D eigenvalue weighted by Gasteiger charge is 2.37. The predicted octanol–water partition coefficient (Wildman–Crippen LogP) is 1.56. The van der Waals surface area contributed by atoms with E-state index in [-0.39, 0.29) is 5.91 Å². The molecular weight excluding hydrogens is 188 g/mol. The van der Waals surface area contributed by atoms with Crippen molar-refractivity contribution in [2.24, 2.45) is 11.1 Å². The third kappa shape index (κ3) is 2.71. The molecule has 1 spiro atoms. The second kappa shape index (κ2) is 4.52. The Morgan fingerprint density at radius 3 is 2.33 bits per heavy atom. The Morgan fingerprint density at radius 2 is 1.80 bits per heavy atom. The SMILES string of the molecule is NC(=O)CNC1CCC2(CCCC2)CC1. The number of rotatable bonds is 3. The molecule has 0 aromatic heterocycles. The van der Waals surface area contributed by atoms with Crippen LogP contribution in [0.4, 0.5) is 0 Å². The lowest BCUT2D eigenvalue weighted by Crippen LogP contribution is -2.40. The quantitative estimate of drug-likeness (QED) is 0.743. The van der Waals surface area contributed by atoms with E-state index in [0.29, 0.717) is 18.0 Å². The van der Waals surface area contributed by atoms with E-state index < -0.39 is 0 Å². The van der Waals surface area contributed by atoms with E-state index in [1.807, 2.05) is 0 Å². The summed E-state index contributed by atoms with van der Waals surface area (Å²) in [5.41, 5.74) is 5.81. The van der Waals surface area contributed by atoms with Gasteiger partial charge in [0, 0.05) is 6.04 Å². The molecule has 0 saturated heterocycles. The van der Waals surface area contributed by atoms with Gasteiger partial charge in [-0.1, -0.05) is 12.8 Å². The van der Waals surface area contributed by atoms with Gasteiger partial charge in [-0.3, -0.25) is 4.79 Å². The largest absolute Gasteiger partial charge is 0.369 e. The highest BCUT2D eigenvalue weighted by atomic mass is 16.1. The molecule has 2 aliphatic carbocycles. The molecule has 0 atom stereocenters. The van der Waals surface area contributed by atoms with Gasteiger partial charge < -0.3 is 11.1 Å². The van der Waals surface area contributed by atoms with Gasteiger partial charge in [0.1, 0.15) is 0 Å². The van der Waals surface area contributed by atoms with E-state index in [0.717, 1.165) is 0 Å². The first-order valence-electron chi connectivity index (χ1n) is 6.22. The average molecular weight is 210 g/mol. The minimum atomic E-state index is -0.240. The third-order valence-electron chi connectivity index (χ3n) is 4.28. The molecule has 3 nitrogen and oxygen atoms in total. The number of hydrogen-bond acceptors (Lipinski definition) is 2. The molecule has 0 radical (unpaired) electrons. The maximum atomic E-state index is 10.7. The molecule has 86 valence electrons. The summed E-state index contributed by atoms with van der Waals surface area (Å²) in [4.78, 5) is 10.7. The fourth-order valence-corrected chi connectivity index (χ4v) is 3.30. The molecule has 2 aliphatic rings. The molecule has 0 aromatic carbocycles. The summed E-state index contributed by atoms with van der Waals surface area (Å²) < 4.78 is 0. The Morgan fingerprint density at radius 1 is 1.20 bits per heavy atom. The van der Waals surface area contributed by atoms with Crippen LogP contribution in [0.3, 0.4) is 0 Å². The van der Waals surface area contributed by atoms with E-state index in [2.05, 4.69) is 5.32 Å². The second-order valence-corrected chi connectivity index (χ2v) is 5.33. The van der Waals surface area contributed by atoms with E-state index in [1.165, 1.54) is 51.4 Å². The number of carbonyl (C=O) groups is 1. The highest BCUT2D eigenvalue weighted by Crippen LogP contribution is 2.48. The van der Waals surface area contributed by atoms with Crippen molar-refractivity contribution in [1.29, 1.82) is 0 Å². The van der Waals surface area contributed by atoms with E-state index >= 15 is 0 Å². The van der Waals surface area contributed by atoms with Gasteiger partial charge in [0.2, 0.25) is 5.91 Å². The summed E-state index contributed by atoms with van der Waals surface area (Å²) in [5, 5.41) is 3.25. The fraction of sp³-hybridized carbons (Fsp3) is 0.917. The Bertz CT molecular complexity index is 224. The van der Waals surface area contributed by atoms with Gasteiger partial charge in [0.25, 0.3) is 0 Å². The zero-order valence-electron chi connectivity index (χ0n) is 9.43. The van der Waals surface area contributed by atoms with Crippen molar-refractivity contribution in [2.75, 3.05) is 6.54 Å². The number of nitrogens with one attached hydrogen (secondary N) is 1. The first-order chi connectivity index (χ1) is 7.20. The van der Waals surface area contributed by atoms with Crippen molar-refractivity contribution in [3.63, 3.8) is 0 Å². The Hall–Kier alpha value is -0.570. The van der Waals surface area contributed by atoms with Crippen LogP contribution in [0.25, 0.3) is 0 Å². The maximum Gasteiger partial charge on any atom is 0.231 e. The predicted molar refractivity (Wildman–Crippen MR) is 60.4 cm³/mol. The number of amides is 1. The minimum Gasteiger partial charge on any atom is -0.369 e. The van der Waals surface area contributed by atoms with Gasteiger partial charge in [-0.15, -0.1) is 0 Å². The fourth-order valence-electron chi connectivity index (χ4n) is 3.30. The summed E-state index contributed by atoms with van der Waals surface area (Å²) in [7, 11) is 0. The molecule has 0 aromatic rings. The van der Waals surface area contributed by atoms with Crippen molar-refractivity contribution in [2.45, 2.75) is 57.4 Å². The zero-order chi connectivity index (χ0) is 10.7. The highest BCUT2D eigenvalue weighted by molar-refractivity contribution is 5.75. The summed E-state index contributed by atoms with van der Waals surface area (Å²) in [6, 6.07) is 0.531. The monoisotopic (exact) mass is 210 g/mol. The van der Waals surface area contributed by atoms with Crippen LogP contribution in [0.5, 0.6) is 0 Å². The number of primary amides is 1. The molecule has 0 heterocycles. The van der Waals surface area contributed by atoms with Crippen LogP contribution in [0, 0.1) is 5.41 Å². The van der Waals surface area contributed by atoms with Gasteiger partial charge in [-0.25, -0.2) is 0 Å². The van der Waals surface area contributed by atoms with Crippen molar-refractivity contribution >= 4 is 5.91 Å². The molecule has 0 aliphatic heterocycles.